The fourth-order valence-electron chi connectivity index (χ4n) is 1.69. The zero-order valence-corrected chi connectivity index (χ0v) is 12.4. The Morgan fingerprint density at radius 3 is 1.82 bits per heavy atom. The van der Waals surface area contributed by atoms with Crippen molar-refractivity contribution in [3.05, 3.63) is 47.0 Å². The quantitative estimate of drug-likeness (QED) is 0.535. The average molecular weight is 230 g/mol. The number of benzene rings is 2. The predicted molar refractivity (Wildman–Crippen MR) is 80.9 cm³/mol. The molecule has 0 saturated heterocycles. The standard InChI is InChI=1S/C13H14.2C2H6/c1-9-4-6-12-7-5-10(2)11(3)13(12)8-9;2*1-2/h4-8H,1-3H3;2*1-2H3. The van der Waals surface area contributed by atoms with Gasteiger partial charge in [0.25, 0.3) is 0 Å². The van der Waals surface area contributed by atoms with E-state index in [0.717, 1.165) is 0 Å². The lowest BCUT2D eigenvalue weighted by atomic mass is 9.99. The summed E-state index contributed by atoms with van der Waals surface area (Å²) in [5.74, 6) is 0. The molecule has 2 aromatic rings. The maximum Gasteiger partial charge on any atom is -0.0149 e. The van der Waals surface area contributed by atoms with Crippen LogP contribution in [0.15, 0.2) is 30.3 Å². The number of hydrogen-bond acceptors (Lipinski definition) is 0. The van der Waals surface area contributed by atoms with Gasteiger partial charge in [-0.3, -0.25) is 0 Å². The van der Waals surface area contributed by atoms with Gasteiger partial charge in [-0.15, -0.1) is 0 Å². The summed E-state index contributed by atoms with van der Waals surface area (Å²) in [6.45, 7) is 14.5. The van der Waals surface area contributed by atoms with E-state index in [-0.39, 0.29) is 0 Å². The molecule has 0 aliphatic heterocycles. The Morgan fingerprint density at radius 2 is 1.24 bits per heavy atom. The van der Waals surface area contributed by atoms with Crippen LogP contribution >= 0.6 is 0 Å². The third-order valence-corrected chi connectivity index (χ3v) is 2.72. The largest absolute Gasteiger partial charge is 0.0683 e. The van der Waals surface area contributed by atoms with Gasteiger partial charge in [0.1, 0.15) is 0 Å². The van der Waals surface area contributed by atoms with E-state index >= 15 is 0 Å². The third kappa shape index (κ3) is 3.89. The monoisotopic (exact) mass is 230 g/mol. The minimum absolute atomic E-state index is 1.33. The second-order valence-electron chi connectivity index (χ2n) is 3.73. The Morgan fingerprint density at radius 1 is 0.706 bits per heavy atom. The number of rotatable bonds is 0. The van der Waals surface area contributed by atoms with E-state index < -0.39 is 0 Å². The van der Waals surface area contributed by atoms with Crippen molar-refractivity contribution in [3.8, 4) is 0 Å². The van der Waals surface area contributed by atoms with Crippen molar-refractivity contribution >= 4 is 10.8 Å². The van der Waals surface area contributed by atoms with Gasteiger partial charge in [0.05, 0.1) is 0 Å². The van der Waals surface area contributed by atoms with Crippen LogP contribution in [0, 0.1) is 20.8 Å². The highest BCUT2D eigenvalue weighted by Gasteiger charge is 1.99. The van der Waals surface area contributed by atoms with Gasteiger partial charge in [-0.05, 0) is 42.7 Å². The SMILES string of the molecule is CC.CC.Cc1ccc2ccc(C)c(C)c2c1. The highest BCUT2D eigenvalue weighted by atomic mass is 14.0. The van der Waals surface area contributed by atoms with Gasteiger partial charge in [-0.25, -0.2) is 0 Å². The van der Waals surface area contributed by atoms with E-state index in [1.807, 2.05) is 27.7 Å². The molecule has 0 aliphatic carbocycles. The zero-order valence-electron chi connectivity index (χ0n) is 12.4. The van der Waals surface area contributed by atoms with E-state index in [1.54, 1.807) is 0 Å². The molecule has 0 spiro atoms. The second-order valence-corrected chi connectivity index (χ2v) is 3.73. The predicted octanol–water partition coefficient (Wildman–Crippen LogP) is 5.82. The molecule has 0 aliphatic rings. The highest BCUT2D eigenvalue weighted by Crippen LogP contribution is 2.22. The maximum atomic E-state index is 2.26. The molecule has 2 aromatic carbocycles. The molecular weight excluding hydrogens is 204 g/mol. The van der Waals surface area contributed by atoms with Crippen LogP contribution in [0.5, 0.6) is 0 Å². The lowest BCUT2D eigenvalue weighted by Crippen LogP contribution is -1.84. The minimum Gasteiger partial charge on any atom is -0.0683 e. The van der Waals surface area contributed by atoms with Crippen molar-refractivity contribution in [1.29, 1.82) is 0 Å². The Kier molecular flexibility index (Phi) is 7.29. The van der Waals surface area contributed by atoms with E-state index in [1.165, 1.54) is 27.5 Å². The van der Waals surface area contributed by atoms with Gasteiger partial charge in [0.2, 0.25) is 0 Å². The molecule has 0 fully saturated rings. The van der Waals surface area contributed by atoms with Gasteiger partial charge < -0.3 is 0 Å². The molecule has 0 N–H and O–H groups in total. The summed E-state index contributed by atoms with van der Waals surface area (Å²) in [6, 6.07) is 11.0. The summed E-state index contributed by atoms with van der Waals surface area (Å²) < 4.78 is 0. The molecule has 0 aromatic heterocycles. The van der Waals surface area contributed by atoms with Crippen LogP contribution in [0.4, 0.5) is 0 Å². The Labute approximate surface area is 107 Å². The van der Waals surface area contributed by atoms with Crippen LogP contribution in [0.3, 0.4) is 0 Å². The molecule has 17 heavy (non-hydrogen) atoms. The summed E-state index contributed by atoms with van der Waals surface area (Å²) >= 11 is 0. The van der Waals surface area contributed by atoms with Crippen molar-refractivity contribution in [1.82, 2.24) is 0 Å². The molecule has 0 saturated carbocycles. The van der Waals surface area contributed by atoms with Gasteiger partial charge in [-0.1, -0.05) is 63.6 Å². The molecular formula is C17H26. The van der Waals surface area contributed by atoms with Crippen molar-refractivity contribution in [2.45, 2.75) is 48.5 Å². The molecule has 0 heterocycles. The molecule has 94 valence electrons. The Balaban J connectivity index is 0.000000581. The normalized spacial score (nSPS) is 8.88. The van der Waals surface area contributed by atoms with Crippen molar-refractivity contribution in [2.75, 3.05) is 0 Å². The molecule has 0 radical (unpaired) electrons. The maximum absolute atomic E-state index is 2.26. The van der Waals surface area contributed by atoms with Gasteiger partial charge >= 0.3 is 0 Å². The van der Waals surface area contributed by atoms with E-state index in [4.69, 9.17) is 0 Å². The summed E-state index contributed by atoms with van der Waals surface area (Å²) in [4.78, 5) is 0. The average Bonchev–Trinajstić information content (AvgIpc) is 2.39. The number of fused-ring (bicyclic) bond motifs is 1. The highest BCUT2D eigenvalue weighted by molar-refractivity contribution is 5.87. The molecule has 0 amide bonds. The fraction of sp³-hybridized carbons (Fsp3) is 0.412. The first kappa shape index (κ1) is 15.7. The van der Waals surface area contributed by atoms with Crippen LogP contribution in [0.25, 0.3) is 10.8 Å². The van der Waals surface area contributed by atoms with Crippen LogP contribution in [0.1, 0.15) is 44.4 Å². The second kappa shape index (κ2) is 7.89. The smallest absolute Gasteiger partial charge is 0.0149 e. The minimum atomic E-state index is 1.33. The van der Waals surface area contributed by atoms with Gasteiger partial charge in [-0.2, -0.15) is 0 Å². The first-order chi connectivity index (χ1) is 8.18. The lowest BCUT2D eigenvalue weighted by Gasteiger charge is -2.06. The summed E-state index contributed by atoms with van der Waals surface area (Å²) in [5.41, 5.74) is 4.11. The first-order valence-electron chi connectivity index (χ1n) is 6.65. The molecule has 0 nitrogen and oxygen atoms in total. The Bertz CT molecular complexity index is 448. The molecule has 0 bridgehead atoms. The molecule has 0 heteroatoms. The zero-order chi connectivity index (χ0) is 13.4. The third-order valence-electron chi connectivity index (χ3n) is 2.72. The van der Waals surface area contributed by atoms with Gasteiger partial charge in [0, 0.05) is 0 Å². The van der Waals surface area contributed by atoms with Crippen LogP contribution in [-0.2, 0) is 0 Å². The Hall–Kier alpha value is -1.30. The van der Waals surface area contributed by atoms with Crippen molar-refractivity contribution in [2.24, 2.45) is 0 Å². The number of aryl methyl sites for hydroxylation is 3. The molecule has 2 rings (SSSR count). The van der Waals surface area contributed by atoms with Crippen molar-refractivity contribution < 1.29 is 0 Å². The lowest BCUT2D eigenvalue weighted by molar-refractivity contribution is 1.37. The van der Waals surface area contributed by atoms with Crippen LogP contribution in [-0.4, -0.2) is 0 Å². The molecule has 0 unspecified atom stereocenters. The van der Waals surface area contributed by atoms with E-state index in [9.17, 15) is 0 Å². The van der Waals surface area contributed by atoms with Crippen molar-refractivity contribution in [3.63, 3.8) is 0 Å². The van der Waals surface area contributed by atoms with Crippen LogP contribution < -0.4 is 0 Å². The number of hydrogen-bond donors (Lipinski definition) is 0. The van der Waals surface area contributed by atoms with Gasteiger partial charge in [0.15, 0.2) is 0 Å². The summed E-state index contributed by atoms with van der Waals surface area (Å²) in [5, 5.41) is 2.73. The fourth-order valence-corrected chi connectivity index (χ4v) is 1.69. The topological polar surface area (TPSA) is 0 Å². The van der Waals surface area contributed by atoms with Crippen LogP contribution in [0.2, 0.25) is 0 Å². The van der Waals surface area contributed by atoms with E-state index in [0.29, 0.717) is 0 Å². The van der Waals surface area contributed by atoms with E-state index in [2.05, 4.69) is 51.1 Å². The first-order valence-corrected chi connectivity index (χ1v) is 6.65. The molecule has 0 atom stereocenters. The summed E-state index contributed by atoms with van der Waals surface area (Å²) in [6.07, 6.45) is 0. The summed E-state index contributed by atoms with van der Waals surface area (Å²) in [7, 11) is 0.